The number of carboxylic acid groups (broad SMARTS) is 1. The van der Waals surface area contributed by atoms with Crippen LogP contribution in [0.15, 0.2) is 24.3 Å². The van der Waals surface area contributed by atoms with Crippen LogP contribution >= 0.6 is 0 Å². The van der Waals surface area contributed by atoms with Crippen LogP contribution in [0.5, 0.6) is 0 Å². The third kappa shape index (κ3) is 4.29. The number of aliphatic carboxylic acids is 1. The summed E-state index contributed by atoms with van der Waals surface area (Å²) in [5.41, 5.74) is 0.0264. The van der Waals surface area contributed by atoms with E-state index in [1.807, 2.05) is 0 Å². The number of carboxylic acids is 1. The maximum Gasteiger partial charge on any atom is 0.318 e. The monoisotopic (exact) mass is 289 g/mol. The molecule has 0 amide bonds. The Hall–Kier alpha value is -1.47. The summed E-state index contributed by atoms with van der Waals surface area (Å²) in [7, 11) is -3.88. The summed E-state index contributed by atoms with van der Waals surface area (Å²) in [6.45, 7) is 2.51. The average Bonchev–Trinajstić information content (AvgIpc) is 2.28. The van der Waals surface area contributed by atoms with Gasteiger partial charge in [-0.05, 0) is 19.9 Å². The zero-order valence-electron chi connectivity index (χ0n) is 10.7. The zero-order valence-corrected chi connectivity index (χ0v) is 11.5. The average molecular weight is 289 g/mol. The van der Waals surface area contributed by atoms with Gasteiger partial charge in [0.05, 0.1) is 5.75 Å². The van der Waals surface area contributed by atoms with E-state index >= 15 is 0 Å². The van der Waals surface area contributed by atoms with Gasteiger partial charge in [0.1, 0.15) is 12.4 Å². The van der Waals surface area contributed by atoms with Crippen molar-refractivity contribution in [2.45, 2.75) is 25.6 Å². The van der Waals surface area contributed by atoms with Gasteiger partial charge in [-0.15, -0.1) is 0 Å². The van der Waals surface area contributed by atoms with Crippen molar-refractivity contribution in [3.8, 4) is 0 Å². The van der Waals surface area contributed by atoms with Crippen LogP contribution in [-0.2, 0) is 20.6 Å². The number of nitrogens with zero attached hydrogens (tertiary/aromatic N) is 1. The van der Waals surface area contributed by atoms with Crippen molar-refractivity contribution in [2.75, 3.05) is 6.54 Å². The van der Waals surface area contributed by atoms with Gasteiger partial charge >= 0.3 is 5.97 Å². The molecule has 0 aliphatic heterocycles. The fraction of sp³-hybridized carbons (Fsp3) is 0.417. The van der Waals surface area contributed by atoms with E-state index in [1.54, 1.807) is 13.8 Å². The van der Waals surface area contributed by atoms with Gasteiger partial charge in [0.2, 0.25) is 10.0 Å². The summed E-state index contributed by atoms with van der Waals surface area (Å²) in [5.74, 6) is -2.42. The second-order valence-corrected chi connectivity index (χ2v) is 6.30. The lowest BCUT2D eigenvalue weighted by Gasteiger charge is -2.24. The first-order valence-electron chi connectivity index (χ1n) is 5.68. The van der Waals surface area contributed by atoms with Crippen LogP contribution in [0.3, 0.4) is 0 Å². The van der Waals surface area contributed by atoms with E-state index in [9.17, 15) is 17.6 Å². The first-order chi connectivity index (χ1) is 8.74. The molecule has 7 heteroatoms. The molecule has 1 aromatic carbocycles. The van der Waals surface area contributed by atoms with Crippen molar-refractivity contribution < 1.29 is 22.7 Å². The predicted octanol–water partition coefficient (Wildman–Crippen LogP) is 1.45. The third-order valence-electron chi connectivity index (χ3n) is 2.52. The Morgan fingerprint density at radius 1 is 1.37 bits per heavy atom. The minimum atomic E-state index is -3.88. The summed E-state index contributed by atoms with van der Waals surface area (Å²) < 4.78 is 38.5. The molecule has 0 atom stereocenters. The van der Waals surface area contributed by atoms with Gasteiger partial charge in [-0.1, -0.05) is 18.2 Å². The van der Waals surface area contributed by atoms with E-state index < -0.39 is 40.1 Å². The summed E-state index contributed by atoms with van der Waals surface area (Å²) in [5, 5.41) is 8.74. The third-order valence-corrected chi connectivity index (χ3v) is 4.46. The lowest BCUT2D eigenvalue weighted by molar-refractivity contribution is -0.137. The molecular formula is C12H16FNO4S. The smallest absolute Gasteiger partial charge is 0.318 e. The Morgan fingerprint density at radius 2 is 1.95 bits per heavy atom. The van der Waals surface area contributed by atoms with Crippen LogP contribution in [0.1, 0.15) is 19.4 Å². The van der Waals surface area contributed by atoms with Gasteiger partial charge < -0.3 is 5.11 Å². The van der Waals surface area contributed by atoms with Gasteiger partial charge in [-0.3, -0.25) is 4.79 Å². The van der Waals surface area contributed by atoms with Crippen LogP contribution < -0.4 is 0 Å². The maximum atomic E-state index is 13.4. The highest BCUT2D eigenvalue weighted by Crippen LogP contribution is 2.16. The molecule has 5 nitrogen and oxygen atoms in total. The SMILES string of the molecule is CC(C)N(CC(=O)O)S(=O)(=O)Cc1ccccc1F. The molecule has 0 fully saturated rings. The molecule has 0 aliphatic rings. The molecule has 0 aromatic heterocycles. The number of halogens is 1. The van der Waals surface area contributed by atoms with Crippen molar-refractivity contribution in [1.82, 2.24) is 4.31 Å². The normalized spacial score (nSPS) is 12.1. The molecule has 1 N–H and O–H groups in total. The summed E-state index contributed by atoms with van der Waals surface area (Å²) in [4.78, 5) is 10.7. The first-order valence-corrected chi connectivity index (χ1v) is 7.29. The second-order valence-electron chi connectivity index (χ2n) is 4.38. The number of rotatable bonds is 6. The van der Waals surface area contributed by atoms with Crippen LogP contribution in [0.25, 0.3) is 0 Å². The highest BCUT2D eigenvalue weighted by atomic mass is 32.2. The molecule has 19 heavy (non-hydrogen) atoms. The van der Waals surface area contributed by atoms with Crippen LogP contribution in [0, 0.1) is 5.82 Å². The Bertz CT molecular complexity index is 557. The van der Waals surface area contributed by atoms with Crippen LogP contribution in [0.2, 0.25) is 0 Å². The van der Waals surface area contributed by atoms with E-state index in [-0.39, 0.29) is 5.56 Å². The minimum Gasteiger partial charge on any atom is -0.480 e. The molecule has 0 radical (unpaired) electrons. The number of carbonyl (C=O) groups is 1. The topological polar surface area (TPSA) is 74.7 Å². The lowest BCUT2D eigenvalue weighted by atomic mass is 10.2. The van der Waals surface area contributed by atoms with E-state index in [1.165, 1.54) is 24.3 Å². The van der Waals surface area contributed by atoms with E-state index in [0.717, 1.165) is 4.31 Å². The molecule has 0 spiro atoms. The molecule has 0 unspecified atom stereocenters. The highest BCUT2D eigenvalue weighted by molar-refractivity contribution is 7.88. The summed E-state index contributed by atoms with van der Waals surface area (Å²) >= 11 is 0. The summed E-state index contributed by atoms with van der Waals surface area (Å²) in [6.07, 6.45) is 0. The van der Waals surface area contributed by atoms with Crippen molar-refractivity contribution in [3.05, 3.63) is 35.6 Å². The molecule has 1 aromatic rings. The number of hydrogen-bond donors (Lipinski definition) is 1. The van der Waals surface area contributed by atoms with E-state index in [4.69, 9.17) is 5.11 Å². The Morgan fingerprint density at radius 3 is 2.42 bits per heavy atom. The lowest BCUT2D eigenvalue weighted by Crippen LogP contribution is -2.41. The Labute approximate surface area is 111 Å². The molecule has 106 valence electrons. The largest absolute Gasteiger partial charge is 0.480 e. The molecule has 0 saturated carbocycles. The van der Waals surface area contributed by atoms with Gasteiger partial charge in [0.15, 0.2) is 0 Å². The summed E-state index contributed by atoms with van der Waals surface area (Å²) in [6, 6.07) is 5.02. The number of hydrogen-bond acceptors (Lipinski definition) is 3. The standard InChI is InChI=1S/C12H16FNO4S/c1-9(2)14(7-12(15)16)19(17,18)8-10-5-3-4-6-11(10)13/h3-6,9H,7-8H2,1-2H3,(H,15,16). The first kappa shape index (κ1) is 15.6. The quantitative estimate of drug-likeness (QED) is 0.860. The maximum absolute atomic E-state index is 13.4. The Balaban J connectivity index is 3.02. The van der Waals surface area contributed by atoms with E-state index in [2.05, 4.69) is 0 Å². The van der Waals surface area contributed by atoms with Crippen LogP contribution in [-0.4, -0.2) is 36.4 Å². The van der Waals surface area contributed by atoms with Crippen molar-refractivity contribution in [1.29, 1.82) is 0 Å². The van der Waals surface area contributed by atoms with Gasteiger partial charge in [0, 0.05) is 11.6 Å². The van der Waals surface area contributed by atoms with Gasteiger partial charge in [-0.2, -0.15) is 4.31 Å². The molecule has 1 rings (SSSR count). The highest BCUT2D eigenvalue weighted by Gasteiger charge is 2.28. The molecule has 0 heterocycles. The molecule has 0 aliphatic carbocycles. The van der Waals surface area contributed by atoms with Crippen molar-refractivity contribution in [2.24, 2.45) is 0 Å². The minimum absolute atomic E-state index is 0.0264. The van der Waals surface area contributed by atoms with Crippen molar-refractivity contribution in [3.63, 3.8) is 0 Å². The Kier molecular flexibility index (Phi) is 5.02. The molecule has 0 bridgehead atoms. The zero-order chi connectivity index (χ0) is 14.6. The number of benzene rings is 1. The van der Waals surface area contributed by atoms with Crippen LogP contribution in [0.4, 0.5) is 4.39 Å². The molecule has 0 saturated heterocycles. The second kappa shape index (κ2) is 6.12. The van der Waals surface area contributed by atoms with E-state index in [0.29, 0.717) is 0 Å². The fourth-order valence-corrected chi connectivity index (χ4v) is 3.37. The van der Waals surface area contributed by atoms with Gasteiger partial charge in [0.25, 0.3) is 0 Å². The number of sulfonamides is 1. The van der Waals surface area contributed by atoms with Crippen molar-refractivity contribution >= 4 is 16.0 Å². The fourth-order valence-electron chi connectivity index (χ4n) is 1.63. The van der Waals surface area contributed by atoms with Gasteiger partial charge in [-0.25, -0.2) is 12.8 Å². The molecular weight excluding hydrogens is 273 g/mol. The predicted molar refractivity (Wildman–Crippen MR) is 68.5 cm³/mol.